The summed E-state index contributed by atoms with van der Waals surface area (Å²) in [7, 11) is 2.93. The highest BCUT2D eigenvalue weighted by Crippen LogP contribution is 2.32. The summed E-state index contributed by atoms with van der Waals surface area (Å²) in [5, 5.41) is 9.28. The third-order valence-corrected chi connectivity index (χ3v) is 2.54. The minimum Gasteiger partial charge on any atom is -0.389 e. The van der Waals surface area contributed by atoms with Crippen molar-refractivity contribution in [2.75, 3.05) is 32.2 Å². The molecule has 108 valence electrons. The number of anilines is 1. The van der Waals surface area contributed by atoms with Crippen molar-refractivity contribution < 1.29 is 23.0 Å². The highest BCUT2D eigenvalue weighted by atomic mass is 35.5. The van der Waals surface area contributed by atoms with E-state index in [1.54, 1.807) is 0 Å². The molecule has 0 spiro atoms. The van der Waals surface area contributed by atoms with Crippen LogP contribution in [0.15, 0.2) is 12.1 Å². The van der Waals surface area contributed by atoms with Crippen LogP contribution in [0.3, 0.4) is 0 Å². The van der Waals surface area contributed by atoms with E-state index in [2.05, 4.69) is 4.98 Å². The molecule has 0 aliphatic carbocycles. The number of aliphatic hydroxyl groups excluding tert-OH is 1. The summed E-state index contributed by atoms with van der Waals surface area (Å²) in [4.78, 5) is 5.18. The summed E-state index contributed by atoms with van der Waals surface area (Å²) in [6.45, 7) is 0.162. The summed E-state index contributed by atoms with van der Waals surface area (Å²) in [6, 6.07) is 1.63. The van der Waals surface area contributed by atoms with Gasteiger partial charge < -0.3 is 14.7 Å². The molecule has 1 unspecified atom stereocenters. The van der Waals surface area contributed by atoms with E-state index in [4.69, 9.17) is 16.3 Å². The molecule has 0 fully saturated rings. The van der Waals surface area contributed by atoms with E-state index in [9.17, 15) is 18.3 Å². The Labute approximate surface area is 113 Å². The lowest BCUT2D eigenvalue weighted by molar-refractivity contribution is -0.137. The first-order valence-electron chi connectivity index (χ1n) is 5.37. The van der Waals surface area contributed by atoms with Gasteiger partial charge in [-0.1, -0.05) is 11.6 Å². The van der Waals surface area contributed by atoms with Crippen LogP contribution >= 0.6 is 11.6 Å². The summed E-state index contributed by atoms with van der Waals surface area (Å²) in [5.41, 5.74) is -0.879. The van der Waals surface area contributed by atoms with Gasteiger partial charge in [0.25, 0.3) is 0 Å². The second-order valence-corrected chi connectivity index (χ2v) is 4.41. The molecule has 0 aliphatic heterocycles. The molecule has 1 rings (SSSR count). The molecule has 1 aromatic rings. The van der Waals surface area contributed by atoms with Crippen LogP contribution in [0.5, 0.6) is 0 Å². The number of hydrogen-bond donors (Lipinski definition) is 1. The Hall–Kier alpha value is -1.05. The molecule has 1 aromatic heterocycles. The van der Waals surface area contributed by atoms with Gasteiger partial charge in [0.2, 0.25) is 0 Å². The first-order chi connectivity index (χ1) is 8.74. The summed E-state index contributed by atoms with van der Waals surface area (Å²) in [5.74, 6) is 0.0370. The van der Waals surface area contributed by atoms with Gasteiger partial charge in [-0.05, 0) is 12.1 Å². The Balaban J connectivity index is 2.91. The lowest BCUT2D eigenvalue weighted by Gasteiger charge is -2.22. The molecule has 8 heteroatoms. The average Bonchev–Trinajstić information content (AvgIpc) is 2.27. The van der Waals surface area contributed by atoms with E-state index < -0.39 is 17.8 Å². The van der Waals surface area contributed by atoms with Gasteiger partial charge in [0, 0.05) is 20.7 Å². The predicted octanol–water partition coefficient (Wildman–Crippen LogP) is 2.20. The van der Waals surface area contributed by atoms with Crippen molar-refractivity contribution in [2.45, 2.75) is 12.3 Å². The van der Waals surface area contributed by atoms with Crippen LogP contribution in [0, 0.1) is 0 Å². The third kappa shape index (κ3) is 4.85. The van der Waals surface area contributed by atoms with Crippen molar-refractivity contribution >= 4 is 17.4 Å². The maximum absolute atomic E-state index is 12.6. The summed E-state index contributed by atoms with van der Waals surface area (Å²) in [6.07, 6.45) is -5.32. The Morgan fingerprint density at radius 2 is 2.11 bits per heavy atom. The SMILES string of the molecule is COCC(O)CN(C)c1cc(C(F)(F)F)cc(Cl)n1. The number of halogens is 4. The number of methoxy groups -OCH3 is 1. The fourth-order valence-corrected chi connectivity index (χ4v) is 1.70. The molecule has 0 saturated carbocycles. The zero-order valence-corrected chi connectivity index (χ0v) is 11.2. The van der Waals surface area contributed by atoms with Crippen LogP contribution in [-0.2, 0) is 10.9 Å². The molecule has 0 bridgehead atoms. The number of aromatic nitrogens is 1. The van der Waals surface area contributed by atoms with Crippen molar-refractivity contribution in [3.8, 4) is 0 Å². The number of aliphatic hydroxyl groups is 1. The molecule has 0 saturated heterocycles. The number of rotatable bonds is 5. The number of nitrogens with zero attached hydrogens (tertiary/aromatic N) is 2. The van der Waals surface area contributed by atoms with Crippen molar-refractivity contribution in [1.82, 2.24) is 4.98 Å². The Morgan fingerprint density at radius 3 is 2.63 bits per heavy atom. The number of hydrogen-bond acceptors (Lipinski definition) is 4. The van der Waals surface area contributed by atoms with Crippen LogP contribution in [0.1, 0.15) is 5.56 Å². The minimum absolute atomic E-state index is 0.0370. The molecule has 1 heterocycles. The fourth-order valence-electron chi connectivity index (χ4n) is 1.50. The van der Waals surface area contributed by atoms with Crippen LogP contribution in [0.25, 0.3) is 0 Å². The molecular formula is C11H14ClF3N2O2. The lowest BCUT2D eigenvalue weighted by Crippen LogP contribution is -2.32. The van der Waals surface area contributed by atoms with Crippen LogP contribution < -0.4 is 4.90 Å². The number of likely N-dealkylation sites (N-methyl/N-ethyl adjacent to an activating group) is 1. The van der Waals surface area contributed by atoms with Crippen LogP contribution in [0.4, 0.5) is 19.0 Å². The van der Waals surface area contributed by atoms with E-state index in [0.29, 0.717) is 0 Å². The highest BCUT2D eigenvalue weighted by molar-refractivity contribution is 6.29. The normalized spacial score (nSPS) is 13.4. The average molecular weight is 299 g/mol. The first kappa shape index (κ1) is 16.0. The van der Waals surface area contributed by atoms with Crippen molar-refractivity contribution in [2.24, 2.45) is 0 Å². The molecule has 4 nitrogen and oxygen atoms in total. The summed E-state index contributed by atoms with van der Waals surface area (Å²) < 4.78 is 42.6. The number of pyridine rings is 1. The van der Waals surface area contributed by atoms with Crippen LogP contribution in [0.2, 0.25) is 5.15 Å². The van der Waals surface area contributed by atoms with E-state index in [1.807, 2.05) is 0 Å². The number of ether oxygens (including phenoxy) is 1. The molecule has 1 atom stereocenters. The highest BCUT2D eigenvalue weighted by Gasteiger charge is 2.32. The smallest absolute Gasteiger partial charge is 0.389 e. The van der Waals surface area contributed by atoms with Crippen molar-refractivity contribution in [3.63, 3.8) is 0 Å². The maximum Gasteiger partial charge on any atom is 0.416 e. The van der Waals surface area contributed by atoms with Gasteiger partial charge in [0.05, 0.1) is 18.3 Å². The molecule has 0 radical (unpaired) electrons. The van der Waals surface area contributed by atoms with Gasteiger partial charge in [-0.3, -0.25) is 0 Å². The van der Waals surface area contributed by atoms with E-state index >= 15 is 0 Å². The predicted molar refractivity (Wildman–Crippen MR) is 65.4 cm³/mol. The fraction of sp³-hybridized carbons (Fsp3) is 0.545. The second kappa shape index (κ2) is 6.40. The van der Waals surface area contributed by atoms with Crippen molar-refractivity contribution in [3.05, 3.63) is 22.8 Å². The van der Waals surface area contributed by atoms with Gasteiger partial charge in [-0.15, -0.1) is 0 Å². The van der Waals surface area contributed by atoms with Gasteiger partial charge >= 0.3 is 6.18 Å². The minimum atomic E-state index is -4.49. The molecule has 0 amide bonds. The number of alkyl halides is 3. The van der Waals surface area contributed by atoms with Gasteiger partial charge in [-0.25, -0.2) is 4.98 Å². The topological polar surface area (TPSA) is 45.6 Å². The first-order valence-corrected chi connectivity index (χ1v) is 5.74. The third-order valence-electron chi connectivity index (χ3n) is 2.34. The van der Waals surface area contributed by atoms with E-state index in [0.717, 1.165) is 12.1 Å². The van der Waals surface area contributed by atoms with Crippen LogP contribution in [-0.4, -0.2) is 43.5 Å². The van der Waals surface area contributed by atoms with E-state index in [-0.39, 0.29) is 24.1 Å². The molecule has 0 aromatic carbocycles. The maximum atomic E-state index is 12.6. The largest absolute Gasteiger partial charge is 0.416 e. The van der Waals surface area contributed by atoms with Gasteiger partial charge in [0.15, 0.2) is 0 Å². The van der Waals surface area contributed by atoms with Crippen molar-refractivity contribution in [1.29, 1.82) is 0 Å². The molecule has 0 aliphatic rings. The van der Waals surface area contributed by atoms with Gasteiger partial charge in [-0.2, -0.15) is 13.2 Å². The van der Waals surface area contributed by atoms with E-state index in [1.165, 1.54) is 19.1 Å². The molecule has 19 heavy (non-hydrogen) atoms. The Kier molecular flexibility index (Phi) is 5.39. The zero-order chi connectivity index (χ0) is 14.6. The quantitative estimate of drug-likeness (QED) is 0.847. The molecular weight excluding hydrogens is 285 g/mol. The second-order valence-electron chi connectivity index (χ2n) is 4.02. The Morgan fingerprint density at radius 1 is 1.47 bits per heavy atom. The zero-order valence-electron chi connectivity index (χ0n) is 10.4. The lowest BCUT2D eigenvalue weighted by atomic mass is 10.2. The molecule has 1 N–H and O–H groups in total. The standard InChI is InChI=1S/C11H14ClF3N2O2/c1-17(5-8(18)6-19-2)10-4-7(11(13,14)15)3-9(12)16-10/h3-4,8,18H,5-6H2,1-2H3. The monoisotopic (exact) mass is 298 g/mol. The Bertz CT molecular complexity index is 429. The van der Waals surface area contributed by atoms with Gasteiger partial charge in [0.1, 0.15) is 11.0 Å². The summed E-state index contributed by atoms with van der Waals surface area (Å²) >= 11 is 5.57.